The molecule has 0 radical (unpaired) electrons. The van der Waals surface area contributed by atoms with Crippen LogP contribution in [0.1, 0.15) is 46.9 Å². The maximum absolute atomic E-state index is 13.0. The summed E-state index contributed by atoms with van der Waals surface area (Å²) in [5.74, 6) is 0.415. The van der Waals surface area contributed by atoms with Crippen LogP contribution in [0.5, 0.6) is 5.75 Å². The van der Waals surface area contributed by atoms with Crippen LogP contribution in [0.2, 0.25) is 0 Å². The summed E-state index contributed by atoms with van der Waals surface area (Å²) in [7, 11) is 1.58. The number of carbonyl (C=O) groups excluding carboxylic acids is 2. The van der Waals surface area contributed by atoms with Crippen LogP contribution in [0, 0.1) is 0 Å². The first-order valence-electron chi connectivity index (χ1n) is 8.95. The average molecular weight is 352 g/mol. The van der Waals surface area contributed by atoms with Gasteiger partial charge in [0.1, 0.15) is 5.75 Å². The van der Waals surface area contributed by atoms with Crippen molar-refractivity contribution in [2.45, 2.75) is 32.2 Å². The van der Waals surface area contributed by atoms with E-state index in [1.54, 1.807) is 43.5 Å². The monoisotopic (exact) mass is 352 g/mol. The molecule has 0 spiro atoms. The second kappa shape index (κ2) is 8.04. The van der Waals surface area contributed by atoms with Crippen molar-refractivity contribution in [3.05, 3.63) is 59.7 Å². The van der Waals surface area contributed by atoms with Crippen molar-refractivity contribution < 1.29 is 14.3 Å². The Morgan fingerprint density at radius 3 is 2.50 bits per heavy atom. The second-order valence-electron chi connectivity index (χ2n) is 6.57. The fourth-order valence-corrected chi connectivity index (χ4v) is 3.27. The van der Waals surface area contributed by atoms with Gasteiger partial charge in [-0.3, -0.25) is 9.59 Å². The van der Waals surface area contributed by atoms with Crippen LogP contribution in [-0.4, -0.2) is 36.4 Å². The van der Waals surface area contributed by atoms with E-state index in [1.807, 2.05) is 17.0 Å². The van der Waals surface area contributed by atoms with Crippen molar-refractivity contribution in [1.82, 2.24) is 4.90 Å². The molecule has 5 nitrogen and oxygen atoms in total. The smallest absolute Gasteiger partial charge is 0.256 e. The van der Waals surface area contributed by atoms with E-state index in [1.165, 1.54) is 0 Å². The molecular weight excluding hydrogens is 328 g/mol. The Morgan fingerprint density at radius 1 is 1.08 bits per heavy atom. The first-order valence-corrected chi connectivity index (χ1v) is 8.95. The highest BCUT2D eigenvalue weighted by Gasteiger charge is 2.26. The second-order valence-corrected chi connectivity index (χ2v) is 6.57. The molecule has 1 aliphatic rings. The summed E-state index contributed by atoms with van der Waals surface area (Å²) < 4.78 is 5.11. The molecule has 1 atom stereocenters. The summed E-state index contributed by atoms with van der Waals surface area (Å²) in [6.45, 7) is 2.84. The molecule has 1 N–H and O–H groups in total. The van der Waals surface area contributed by atoms with Crippen molar-refractivity contribution in [1.29, 1.82) is 0 Å². The zero-order valence-electron chi connectivity index (χ0n) is 15.2. The number of hydrogen-bond donors (Lipinski definition) is 1. The fourth-order valence-electron chi connectivity index (χ4n) is 3.27. The van der Waals surface area contributed by atoms with Crippen molar-refractivity contribution in [3.63, 3.8) is 0 Å². The van der Waals surface area contributed by atoms with Crippen LogP contribution in [-0.2, 0) is 0 Å². The van der Waals surface area contributed by atoms with Crippen molar-refractivity contribution in [2.24, 2.45) is 0 Å². The summed E-state index contributed by atoms with van der Waals surface area (Å²) in [6, 6.07) is 14.3. The van der Waals surface area contributed by atoms with Gasteiger partial charge >= 0.3 is 0 Å². The lowest BCUT2D eigenvalue weighted by atomic mass is 10.0. The van der Waals surface area contributed by atoms with Crippen molar-refractivity contribution in [3.8, 4) is 5.75 Å². The van der Waals surface area contributed by atoms with Crippen LogP contribution >= 0.6 is 0 Å². The number of amides is 2. The number of anilines is 1. The number of rotatable bonds is 4. The molecule has 1 heterocycles. The minimum Gasteiger partial charge on any atom is -0.497 e. The number of methoxy groups -OCH3 is 1. The van der Waals surface area contributed by atoms with E-state index in [0.717, 1.165) is 25.8 Å². The molecule has 5 heteroatoms. The van der Waals surface area contributed by atoms with Crippen molar-refractivity contribution >= 4 is 17.5 Å². The first-order chi connectivity index (χ1) is 12.6. The Kier molecular flexibility index (Phi) is 5.56. The molecule has 2 aromatic rings. The van der Waals surface area contributed by atoms with Crippen LogP contribution < -0.4 is 10.1 Å². The van der Waals surface area contributed by atoms with Gasteiger partial charge in [-0.15, -0.1) is 0 Å². The molecule has 1 fully saturated rings. The minimum atomic E-state index is -0.250. The van der Waals surface area contributed by atoms with Crippen LogP contribution in [0.3, 0.4) is 0 Å². The number of para-hydroxylation sites is 1. The minimum absolute atomic E-state index is 0.0252. The molecule has 2 amide bonds. The Bertz CT molecular complexity index is 786. The average Bonchev–Trinajstić information content (AvgIpc) is 2.68. The van der Waals surface area contributed by atoms with E-state index in [9.17, 15) is 9.59 Å². The predicted molar refractivity (Wildman–Crippen MR) is 102 cm³/mol. The van der Waals surface area contributed by atoms with Crippen LogP contribution in [0.15, 0.2) is 48.5 Å². The van der Waals surface area contributed by atoms with Gasteiger partial charge in [0.15, 0.2) is 0 Å². The van der Waals surface area contributed by atoms with Crippen molar-refractivity contribution in [2.75, 3.05) is 19.0 Å². The third-order valence-electron chi connectivity index (χ3n) is 4.82. The Balaban J connectivity index is 1.80. The van der Waals surface area contributed by atoms with Crippen LogP contribution in [0.25, 0.3) is 0 Å². The summed E-state index contributed by atoms with van der Waals surface area (Å²) in [5, 5.41) is 2.87. The van der Waals surface area contributed by atoms with Gasteiger partial charge in [0.25, 0.3) is 11.8 Å². The molecule has 136 valence electrons. The maximum atomic E-state index is 13.0. The lowest BCUT2D eigenvalue weighted by molar-refractivity contribution is 0.0636. The SMILES string of the molecule is COc1ccc(C(=O)Nc2ccccc2C(=O)N2CCCC[C@H]2C)cc1. The van der Waals surface area contributed by atoms with E-state index in [0.29, 0.717) is 22.6 Å². The van der Waals surface area contributed by atoms with Gasteiger partial charge in [0, 0.05) is 18.2 Å². The number of nitrogens with zero attached hydrogens (tertiary/aromatic N) is 1. The van der Waals surface area contributed by atoms with E-state index in [2.05, 4.69) is 12.2 Å². The highest BCUT2D eigenvalue weighted by atomic mass is 16.5. The Labute approximate surface area is 154 Å². The molecule has 3 rings (SSSR count). The summed E-state index contributed by atoms with van der Waals surface area (Å²) in [6.07, 6.45) is 3.20. The van der Waals surface area contributed by atoms with E-state index >= 15 is 0 Å². The maximum Gasteiger partial charge on any atom is 0.256 e. The summed E-state index contributed by atoms with van der Waals surface area (Å²) in [5.41, 5.74) is 1.58. The standard InChI is InChI=1S/C21H24N2O3/c1-15-7-5-6-14-23(15)21(25)18-8-3-4-9-19(18)22-20(24)16-10-12-17(26-2)13-11-16/h3-4,8-13,15H,5-7,14H2,1-2H3,(H,22,24)/t15-/m1/s1. The van der Waals surface area contributed by atoms with Gasteiger partial charge in [-0.25, -0.2) is 0 Å². The number of carbonyl (C=O) groups is 2. The third-order valence-corrected chi connectivity index (χ3v) is 4.82. The van der Waals surface area contributed by atoms with Gasteiger partial charge in [-0.2, -0.15) is 0 Å². The normalized spacial score (nSPS) is 16.8. The Hall–Kier alpha value is -2.82. The summed E-state index contributed by atoms with van der Waals surface area (Å²) >= 11 is 0. The molecular formula is C21H24N2O3. The number of likely N-dealkylation sites (tertiary alicyclic amines) is 1. The number of hydrogen-bond acceptors (Lipinski definition) is 3. The first kappa shape index (κ1) is 18.0. The topological polar surface area (TPSA) is 58.6 Å². The fraction of sp³-hybridized carbons (Fsp3) is 0.333. The number of ether oxygens (including phenoxy) is 1. The zero-order chi connectivity index (χ0) is 18.5. The van der Waals surface area contributed by atoms with Crippen LogP contribution in [0.4, 0.5) is 5.69 Å². The number of benzene rings is 2. The molecule has 0 aliphatic carbocycles. The predicted octanol–water partition coefficient (Wildman–Crippen LogP) is 3.96. The van der Waals surface area contributed by atoms with E-state index < -0.39 is 0 Å². The van der Waals surface area contributed by atoms with Gasteiger partial charge in [-0.05, 0) is 62.6 Å². The molecule has 0 saturated carbocycles. The lowest BCUT2D eigenvalue weighted by Crippen LogP contribution is -2.42. The van der Waals surface area contributed by atoms with Gasteiger partial charge in [0.2, 0.25) is 0 Å². The largest absolute Gasteiger partial charge is 0.497 e. The molecule has 26 heavy (non-hydrogen) atoms. The molecule has 0 bridgehead atoms. The van der Waals surface area contributed by atoms with Gasteiger partial charge < -0.3 is 15.0 Å². The molecule has 0 unspecified atom stereocenters. The highest BCUT2D eigenvalue weighted by Crippen LogP contribution is 2.24. The zero-order valence-corrected chi connectivity index (χ0v) is 15.2. The van der Waals surface area contributed by atoms with Gasteiger partial charge in [-0.1, -0.05) is 12.1 Å². The van der Waals surface area contributed by atoms with Gasteiger partial charge in [0.05, 0.1) is 18.4 Å². The van der Waals surface area contributed by atoms with E-state index in [-0.39, 0.29) is 17.9 Å². The third kappa shape index (κ3) is 3.87. The molecule has 0 aromatic heterocycles. The summed E-state index contributed by atoms with van der Waals surface area (Å²) in [4.78, 5) is 27.4. The molecule has 1 aliphatic heterocycles. The number of nitrogens with one attached hydrogen (secondary N) is 1. The number of piperidine rings is 1. The molecule has 2 aromatic carbocycles. The van der Waals surface area contributed by atoms with E-state index in [4.69, 9.17) is 4.74 Å². The lowest BCUT2D eigenvalue weighted by Gasteiger charge is -2.33. The molecule has 1 saturated heterocycles. The highest BCUT2D eigenvalue weighted by molar-refractivity contribution is 6.09. The quantitative estimate of drug-likeness (QED) is 0.906. The Morgan fingerprint density at radius 2 is 1.81 bits per heavy atom.